The molecule has 72 valence electrons. The van der Waals surface area contributed by atoms with Gasteiger partial charge in [0.15, 0.2) is 0 Å². The van der Waals surface area contributed by atoms with Crippen molar-refractivity contribution >= 4 is 0 Å². The van der Waals surface area contributed by atoms with Crippen molar-refractivity contribution in [3.05, 3.63) is 35.9 Å². The molecule has 2 heteroatoms. The van der Waals surface area contributed by atoms with Gasteiger partial charge >= 0.3 is 0 Å². The van der Waals surface area contributed by atoms with Gasteiger partial charge in [-0.25, -0.2) is 5.21 Å². The minimum atomic E-state index is 0.106. The Hall–Kier alpha value is -0.860. The van der Waals surface area contributed by atoms with Gasteiger partial charge in [0, 0.05) is 6.42 Å². The summed E-state index contributed by atoms with van der Waals surface area (Å²) in [5.74, 6) is 0. The molecule has 0 aromatic heterocycles. The van der Waals surface area contributed by atoms with Gasteiger partial charge in [0.05, 0.1) is 7.05 Å². The Morgan fingerprint density at radius 3 is 2.38 bits per heavy atom. The van der Waals surface area contributed by atoms with E-state index in [0.29, 0.717) is 0 Å². The summed E-state index contributed by atoms with van der Waals surface area (Å²) in [7, 11) is 1.84. The molecule has 0 radical (unpaired) electrons. The Balaban J connectivity index is 2.44. The number of nitrogens with zero attached hydrogens (tertiary/aromatic N) is 1. The molecule has 0 heterocycles. The van der Waals surface area contributed by atoms with Gasteiger partial charge in [0.2, 0.25) is 0 Å². The van der Waals surface area contributed by atoms with Gasteiger partial charge in [-0.15, -0.1) is 0 Å². The van der Waals surface area contributed by atoms with Crippen molar-refractivity contribution in [1.82, 2.24) is 0 Å². The normalized spacial score (nSPS) is 15.3. The summed E-state index contributed by atoms with van der Waals surface area (Å²) in [6.07, 6.45) is 0.932. The summed E-state index contributed by atoms with van der Waals surface area (Å²) < 4.78 is 0.106. The van der Waals surface area contributed by atoms with Gasteiger partial charge in [-0.2, -0.15) is 4.65 Å². The molecule has 13 heavy (non-hydrogen) atoms. The number of hydrogen-bond donors (Lipinski definition) is 1. The summed E-state index contributed by atoms with van der Waals surface area (Å²) in [6, 6.07) is 10.3. The van der Waals surface area contributed by atoms with Crippen LogP contribution in [0.25, 0.3) is 0 Å². The van der Waals surface area contributed by atoms with Crippen molar-refractivity contribution in [2.24, 2.45) is 0 Å². The third kappa shape index (κ3) is 3.57. The fraction of sp³-hybridized carbons (Fsp3) is 0.455. The zero-order valence-corrected chi connectivity index (χ0v) is 8.40. The standard InChI is InChI=1S/C11H18NO/c1-3-12(2,13)10-9-11-7-5-4-6-8-11/h4-8,13H,3,9-10H2,1-2H3/q+1. The number of likely N-dealkylation sites (N-methyl/N-ethyl adjacent to an activating group) is 1. The number of benzene rings is 1. The average molecular weight is 180 g/mol. The molecular formula is C11H18NO+. The van der Waals surface area contributed by atoms with E-state index in [1.807, 2.05) is 32.2 Å². The van der Waals surface area contributed by atoms with E-state index in [1.54, 1.807) is 0 Å². The Morgan fingerprint density at radius 1 is 1.23 bits per heavy atom. The van der Waals surface area contributed by atoms with Gasteiger partial charge in [0.1, 0.15) is 13.1 Å². The van der Waals surface area contributed by atoms with E-state index in [0.717, 1.165) is 19.5 Å². The van der Waals surface area contributed by atoms with E-state index in [-0.39, 0.29) is 4.65 Å². The third-order valence-corrected chi connectivity index (χ3v) is 2.41. The van der Waals surface area contributed by atoms with Crippen molar-refractivity contribution in [2.75, 3.05) is 20.1 Å². The molecule has 0 fully saturated rings. The molecule has 0 amide bonds. The molecule has 0 aliphatic heterocycles. The Bertz CT molecular complexity index is 244. The lowest BCUT2D eigenvalue weighted by Crippen LogP contribution is -2.41. The Kier molecular flexibility index (Phi) is 3.46. The zero-order valence-electron chi connectivity index (χ0n) is 8.40. The minimum Gasteiger partial charge on any atom is -0.217 e. The van der Waals surface area contributed by atoms with Crippen LogP contribution in [0.2, 0.25) is 0 Å². The molecule has 0 saturated heterocycles. The summed E-state index contributed by atoms with van der Waals surface area (Å²) in [6.45, 7) is 3.53. The lowest BCUT2D eigenvalue weighted by Gasteiger charge is -2.23. The summed E-state index contributed by atoms with van der Waals surface area (Å²) in [5.41, 5.74) is 1.29. The molecule has 0 spiro atoms. The quantitative estimate of drug-likeness (QED) is 0.555. The molecule has 1 atom stereocenters. The van der Waals surface area contributed by atoms with Crippen LogP contribution < -0.4 is 0 Å². The van der Waals surface area contributed by atoms with E-state index in [2.05, 4.69) is 12.1 Å². The van der Waals surface area contributed by atoms with Gasteiger partial charge in [-0.05, 0) is 12.5 Å². The second kappa shape index (κ2) is 4.40. The number of hydroxylamine groups is 3. The monoisotopic (exact) mass is 180 g/mol. The highest BCUT2D eigenvalue weighted by molar-refractivity contribution is 5.14. The summed E-state index contributed by atoms with van der Waals surface area (Å²) in [5, 5.41) is 9.72. The smallest absolute Gasteiger partial charge is 0.112 e. The molecule has 0 aliphatic carbocycles. The SMILES string of the molecule is CC[N+](C)(O)CCc1ccccc1. The highest BCUT2D eigenvalue weighted by Crippen LogP contribution is 2.03. The first-order chi connectivity index (χ1) is 6.14. The highest BCUT2D eigenvalue weighted by Gasteiger charge is 2.14. The van der Waals surface area contributed by atoms with Gasteiger partial charge in [-0.1, -0.05) is 30.3 Å². The predicted molar refractivity (Wildman–Crippen MR) is 53.5 cm³/mol. The molecule has 2 nitrogen and oxygen atoms in total. The van der Waals surface area contributed by atoms with Gasteiger partial charge in [-0.3, -0.25) is 0 Å². The number of quaternary nitrogens is 1. The van der Waals surface area contributed by atoms with Crippen LogP contribution in [-0.2, 0) is 6.42 Å². The van der Waals surface area contributed by atoms with Crippen LogP contribution in [0.1, 0.15) is 12.5 Å². The van der Waals surface area contributed by atoms with Crippen molar-refractivity contribution < 1.29 is 9.85 Å². The van der Waals surface area contributed by atoms with Crippen LogP contribution >= 0.6 is 0 Å². The van der Waals surface area contributed by atoms with Crippen molar-refractivity contribution in [1.29, 1.82) is 0 Å². The van der Waals surface area contributed by atoms with E-state index in [9.17, 15) is 5.21 Å². The maximum Gasteiger partial charge on any atom is 0.112 e. The van der Waals surface area contributed by atoms with E-state index >= 15 is 0 Å². The molecule has 1 aromatic carbocycles. The van der Waals surface area contributed by atoms with Gasteiger partial charge < -0.3 is 0 Å². The fourth-order valence-electron chi connectivity index (χ4n) is 1.17. The summed E-state index contributed by atoms with van der Waals surface area (Å²) >= 11 is 0. The first-order valence-corrected chi connectivity index (χ1v) is 4.75. The molecule has 0 aliphatic rings. The minimum absolute atomic E-state index is 0.106. The highest BCUT2D eigenvalue weighted by atomic mass is 16.5. The average Bonchev–Trinajstić information content (AvgIpc) is 2.17. The molecular weight excluding hydrogens is 162 g/mol. The lowest BCUT2D eigenvalue weighted by molar-refractivity contribution is -1.09. The molecule has 1 unspecified atom stereocenters. The largest absolute Gasteiger partial charge is 0.217 e. The van der Waals surface area contributed by atoms with Crippen LogP contribution in [0.5, 0.6) is 0 Å². The van der Waals surface area contributed by atoms with Crippen molar-refractivity contribution in [3.63, 3.8) is 0 Å². The molecule has 0 saturated carbocycles. The second-order valence-electron chi connectivity index (χ2n) is 3.61. The third-order valence-electron chi connectivity index (χ3n) is 2.41. The number of rotatable bonds is 4. The van der Waals surface area contributed by atoms with Crippen molar-refractivity contribution in [3.8, 4) is 0 Å². The maximum absolute atomic E-state index is 9.72. The van der Waals surface area contributed by atoms with Crippen LogP contribution in [0.3, 0.4) is 0 Å². The molecule has 1 aromatic rings. The fourth-order valence-corrected chi connectivity index (χ4v) is 1.17. The number of hydrogen-bond acceptors (Lipinski definition) is 1. The zero-order chi connectivity index (χ0) is 9.73. The topological polar surface area (TPSA) is 20.2 Å². The van der Waals surface area contributed by atoms with E-state index < -0.39 is 0 Å². The second-order valence-corrected chi connectivity index (χ2v) is 3.61. The molecule has 1 rings (SSSR count). The van der Waals surface area contributed by atoms with Gasteiger partial charge in [0.25, 0.3) is 0 Å². The maximum atomic E-state index is 9.72. The predicted octanol–water partition coefficient (Wildman–Crippen LogP) is 2.08. The van der Waals surface area contributed by atoms with E-state index in [1.165, 1.54) is 5.56 Å². The van der Waals surface area contributed by atoms with Crippen molar-refractivity contribution in [2.45, 2.75) is 13.3 Å². The molecule has 1 N–H and O–H groups in total. The first kappa shape index (κ1) is 10.2. The van der Waals surface area contributed by atoms with Crippen LogP contribution in [0.4, 0.5) is 0 Å². The van der Waals surface area contributed by atoms with Crippen LogP contribution in [0.15, 0.2) is 30.3 Å². The Morgan fingerprint density at radius 2 is 1.85 bits per heavy atom. The summed E-state index contributed by atoms with van der Waals surface area (Å²) in [4.78, 5) is 0. The Labute approximate surface area is 80.0 Å². The molecule has 0 bridgehead atoms. The van der Waals surface area contributed by atoms with Crippen LogP contribution in [-0.4, -0.2) is 30.0 Å². The van der Waals surface area contributed by atoms with Crippen LogP contribution in [0, 0.1) is 0 Å². The lowest BCUT2D eigenvalue weighted by atomic mass is 10.1. The van der Waals surface area contributed by atoms with E-state index in [4.69, 9.17) is 0 Å². The first-order valence-electron chi connectivity index (χ1n) is 4.75.